The molecule has 0 aliphatic carbocycles. The van der Waals surface area contributed by atoms with Gasteiger partial charge in [-0.2, -0.15) is 0 Å². The van der Waals surface area contributed by atoms with Gasteiger partial charge in [0.15, 0.2) is 0 Å². The number of hydrogen-bond acceptors (Lipinski definition) is 2. The largest absolute Gasteiger partial charge is 0.388 e. The third kappa shape index (κ3) is 4.48. The van der Waals surface area contributed by atoms with Crippen LogP contribution in [-0.2, 0) is 0 Å². The lowest BCUT2D eigenvalue weighted by Crippen LogP contribution is -2.42. The van der Waals surface area contributed by atoms with E-state index in [1.54, 1.807) is 0 Å². The third-order valence-corrected chi connectivity index (χ3v) is 3.95. The van der Waals surface area contributed by atoms with Crippen molar-refractivity contribution in [3.63, 3.8) is 0 Å². The van der Waals surface area contributed by atoms with Gasteiger partial charge in [0.2, 0.25) is 0 Å². The summed E-state index contributed by atoms with van der Waals surface area (Å²) in [6.07, 6.45) is 2.01. The van der Waals surface area contributed by atoms with Crippen LogP contribution >= 0.6 is 0 Å². The van der Waals surface area contributed by atoms with E-state index >= 15 is 0 Å². The van der Waals surface area contributed by atoms with Crippen LogP contribution in [0.1, 0.15) is 56.5 Å². The number of rotatable bonds is 7. The molecule has 0 heterocycles. The molecule has 0 unspecified atom stereocenters. The highest BCUT2D eigenvalue weighted by molar-refractivity contribution is 5.96. The van der Waals surface area contributed by atoms with Crippen LogP contribution in [0.15, 0.2) is 18.2 Å². The topological polar surface area (TPSA) is 32.3 Å². The zero-order chi connectivity index (χ0) is 16.0. The molecule has 0 fully saturated rings. The van der Waals surface area contributed by atoms with Crippen molar-refractivity contribution in [2.24, 2.45) is 5.92 Å². The summed E-state index contributed by atoms with van der Waals surface area (Å²) in [7, 11) is 1.89. The maximum absolute atomic E-state index is 13.0. The minimum absolute atomic E-state index is 0.164. The maximum atomic E-state index is 13.0. The van der Waals surface area contributed by atoms with Gasteiger partial charge in [0.1, 0.15) is 0 Å². The van der Waals surface area contributed by atoms with Crippen molar-refractivity contribution in [3.8, 4) is 0 Å². The summed E-state index contributed by atoms with van der Waals surface area (Å²) in [4.78, 5) is 15.0. The monoisotopic (exact) mass is 290 g/mol. The van der Waals surface area contributed by atoms with Crippen molar-refractivity contribution in [3.05, 3.63) is 29.3 Å². The molecule has 0 spiro atoms. The van der Waals surface area contributed by atoms with Gasteiger partial charge >= 0.3 is 0 Å². The van der Waals surface area contributed by atoms with Crippen molar-refractivity contribution in [1.29, 1.82) is 0 Å². The minimum Gasteiger partial charge on any atom is -0.388 e. The van der Waals surface area contributed by atoms with Crippen LogP contribution in [0.2, 0.25) is 0 Å². The molecule has 0 bridgehead atoms. The molecule has 0 atom stereocenters. The number of benzene rings is 1. The van der Waals surface area contributed by atoms with Crippen LogP contribution in [0, 0.1) is 12.8 Å². The van der Waals surface area contributed by atoms with Gasteiger partial charge < -0.3 is 10.2 Å². The number of nitrogens with one attached hydrogen (secondary N) is 1. The summed E-state index contributed by atoms with van der Waals surface area (Å²) in [6, 6.07) is 6.27. The fourth-order valence-electron chi connectivity index (χ4n) is 2.73. The average Bonchev–Trinajstić information content (AvgIpc) is 2.46. The summed E-state index contributed by atoms with van der Waals surface area (Å²) >= 11 is 0. The van der Waals surface area contributed by atoms with Gasteiger partial charge in [-0.05, 0) is 49.4 Å². The summed E-state index contributed by atoms with van der Waals surface area (Å²) in [5.41, 5.74) is 2.90. The van der Waals surface area contributed by atoms with E-state index in [1.165, 1.54) is 0 Å². The molecule has 0 aliphatic heterocycles. The molecule has 0 saturated carbocycles. The maximum Gasteiger partial charge on any atom is 0.254 e. The third-order valence-electron chi connectivity index (χ3n) is 3.95. The highest BCUT2D eigenvalue weighted by atomic mass is 16.2. The first-order chi connectivity index (χ1) is 9.94. The fraction of sp³-hybridized carbons (Fsp3) is 0.611. The lowest BCUT2D eigenvalue weighted by molar-refractivity contribution is 0.0639. The van der Waals surface area contributed by atoms with Crippen molar-refractivity contribution in [2.75, 3.05) is 18.9 Å². The van der Waals surface area contributed by atoms with E-state index in [0.717, 1.165) is 36.2 Å². The van der Waals surface area contributed by atoms with E-state index in [1.807, 2.05) is 32.2 Å². The molecule has 1 rings (SSSR count). The van der Waals surface area contributed by atoms with E-state index in [2.05, 4.69) is 37.9 Å². The summed E-state index contributed by atoms with van der Waals surface area (Å²) < 4.78 is 0. The van der Waals surface area contributed by atoms with Gasteiger partial charge in [-0.3, -0.25) is 4.79 Å². The Hall–Kier alpha value is -1.51. The SMILES string of the molecule is CCC(CC)N(CC(C)C)C(=O)c1ccc(NC)cc1C. The molecular weight excluding hydrogens is 260 g/mol. The minimum atomic E-state index is 0.164. The average molecular weight is 290 g/mol. The quantitative estimate of drug-likeness (QED) is 0.811. The lowest BCUT2D eigenvalue weighted by atomic mass is 10.0. The predicted molar refractivity (Wildman–Crippen MR) is 91.0 cm³/mol. The Morgan fingerprint density at radius 3 is 2.29 bits per heavy atom. The van der Waals surface area contributed by atoms with E-state index < -0.39 is 0 Å². The van der Waals surface area contributed by atoms with E-state index in [-0.39, 0.29) is 5.91 Å². The Morgan fingerprint density at radius 2 is 1.86 bits per heavy atom. The van der Waals surface area contributed by atoms with Crippen molar-refractivity contribution in [2.45, 2.75) is 53.5 Å². The second-order valence-electron chi connectivity index (χ2n) is 6.10. The van der Waals surface area contributed by atoms with Crippen LogP contribution in [0.5, 0.6) is 0 Å². The highest BCUT2D eigenvalue weighted by Crippen LogP contribution is 2.20. The molecule has 0 aromatic heterocycles. The number of aryl methyl sites for hydroxylation is 1. The summed E-state index contributed by atoms with van der Waals surface area (Å²) in [6.45, 7) is 11.5. The standard InChI is InChI=1S/C18H30N2O/c1-7-16(8-2)20(12-13(3)4)18(21)17-10-9-15(19-6)11-14(17)5/h9-11,13,16,19H,7-8,12H2,1-6H3. The first-order valence-corrected chi connectivity index (χ1v) is 8.03. The first kappa shape index (κ1) is 17.5. The molecule has 1 aromatic rings. The van der Waals surface area contributed by atoms with Gasteiger partial charge in [-0.25, -0.2) is 0 Å². The zero-order valence-corrected chi connectivity index (χ0v) is 14.4. The summed E-state index contributed by atoms with van der Waals surface area (Å²) in [5.74, 6) is 0.643. The zero-order valence-electron chi connectivity index (χ0n) is 14.4. The van der Waals surface area contributed by atoms with Crippen molar-refractivity contribution < 1.29 is 4.79 Å². The molecule has 118 valence electrons. The number of carbonyl (C=O) groups excluding carboxylic acids is 1. The molecule has 0 radical (unpaired) electrons. The Kier molecular flexibility index (Phi) is 6.73. The molecule has 3 heteroatoms. The van der Waals surface area contributed by atoms with Gasteiger partial charge in [0.25, 0.3) is 5.91 Å². The second-order valence-corrected chi connectivity index (χ2v) is 6.10. The molecule has 0 aliphatic rings. The Bertz CT molecular complexity index is 464. The van der Waals surface area contributed by atoms with Crippen LogP contribution in [0.3, 0.4) is 0 Å². The smallest absolute Gasteiger partial charge is 0.254 e. The normalized spacial score (nSPS) is 11.0. The van der Waals surface area contributed by atoms with Gasteiger partial charge in [0.05, 0.1) is 0 Å². The van der Waals surface area contributed by atoms with Crippen LogP contribution in [0.25, 0.3) is 0 Å². The molecule has 21 heavy (non-hydrogen) atoms. The fourth-order valence-corrected chi connectivity index (χ4v) is 2.73. The molecule has 1 amide bonds. The Labute approximate surface area is 129 Å². The van der Waals surface area contributed by atoms with Gasteiger partial charge in [-0.1, -0.05) is 27.7 Å². The van der Waals surface area contributed by atoms with Gasteiger partial charge in [-0.15, -0.1) is 0 Å². The number of nitrogens with zero attached hydrogens (tertiary/aromatic N) is 1. The van der Waals surface area contributed by atoms with E-state index in [9.17, 15) is 4.79 Å². The summed E-state index contributed by atoms with van der Waals surface area (Å²) in [5, 5.41) is 3.12. The van der Waals surface area contributed by atoms with E-state index in [4.69, 9.17) is 0 Å². The van der Waals surface area contributed by atoms with E-state index in [0.29, 0.717) is 12.0 Å². The molecule has 1 aromatic carbocycles. The molecule has 1 N–H and O–H groups in total. The number of carbonyl (C=O) groups is 1. The van der Waals surface area contributed by atoms with Gasteiger partial charge in [0, 0.05) is 30.9 Å². The Morgan fingerprint density at radius 1 is 1.24 bits per heavy atom. The highest BCUT2D eigenvalue weighted by Gasteiger charge is 2.24. The molecule has 0 saturated heterocycles. The molecule has 3 nitrogen and oxygen atoms in total. The number of hydrogen-bond donors (Lipinski definition) is 1. The Balaban J connectivity index is 3.09. The first-order valence-electron chi connectivity index (χ1n) is 8.03. The van der Waals surface area contributed by atoms with Crippen molar-refractivity contribution >= 4 is 11.6 Å². The van der Waals surface area contributed by atoms with Crippen LogP contribution in [-0.4, -0.2) is 30.4 Å². The lowest BCUT2D eigenvalue weighted by Gasteiger charge is -2.32. The predicted octanol–water partition coefficient (Wildman–Crippen LogP) is 4.32. The second kappa shape index (κ2) is 8.06. The number of amides is 1. The van der Waals surface area contributed by atoms with Crippen LogP contribution in [0.4, 0.5) is 5.69 Å². The molecular formula is C18H30N2O. The van der Waals surface area contributed by atoms with Crippen molar-refractivity contribution in [1.82, 2.24) is 4.90 Å². The van der Waals surface area contributed by atoms with Crippen LogP contribution < -0.4 is 5.32 Å². The number of anilines is 1.